The lowest BCUT2D eigenvalue weighted by atomic mass is 10.1. The summed E-state index contributed by atoms with van der Waals surface area (Å²) in [5.41, 5.74) is 1.22. The highest BCUT2D eigenvalue weighted by molar-refractivity contribution is 6.10. The minimum atomic E-state index is -0.426. The third-order valence-corrected chi connectivity index (χ3v) is 2.85. The first-order valence-corrected chi connectivity index (χ1v) is 5.32. The van der Waals surface area contributed by atoms with Gasteiger partial charge >= 0.3 is 0 Å². The van der Waals surface area contributed by atoms with Crippen LogP contribution in [0.5, 0.6) is 0 Å². The second-order valence-electron chi connectivity index (χ2n) is 3.85. The number of anilines is 1. The third-order valence-electron chi connectivity index (χ3n) is 2.85. The van der Waals surface area contributed by atoms with Crippen molar-refractivity contribution in [3.8, 4) is 0 Å². The van der Waals surface area contributed by atoms with Gasteiger partial charge in [0.25, 0.3) is 5.91 Å². The molecule has 2 rings (SSSR count). The third kappa shape index (κ3) is 1.56. The van der Waals surface area contributed by atoms with E-state index in [1.165, 1.54) is 0 Å². The Labute approximate surface area is 94.2 Å². The summed E-state index contributed by atoms with van der Waals surface area (Å²) < 4.78 is 0. The van der Waals surface area contributed by atoms with Crippen molar-refractivity contribution in [2.75, 3.05) is 11.9 Å². The fourth-order valence-electron chi connectivity index (χ4n) is 1.89. The lowest BCUT2D eigenvalue weighted by Gasteiger charge is -2.19. The summed E-state index contributed by atoms with van der Waals surface area (Å²) in [6.45, 7) is 1.88. The van der Waals surface area contributed by atoms with Crippen molar-refractivity contribution in [3.05, 3.63) is 29.8 Å². The number of para-hydroxylation sites is 1. The van der Waals surface area contributed by atoms with Gasteiger partial charge in [-0.2, -0.15) is 0 Å². The molecular weight excluding hydrogens is 204 g/mol. The molecule has 1 aliphatic heterocycles. The second-order valence-corrected chi connectivity index (χ2v) is 3.85. The van der Waals surface area contributed by atoms with Crippen LogP contribution in [0.2, 0.25) is 0 Å². The molecule has 1 heterocycles. The molecule has 1 aromatic carbocycles. The van der Waals surface area contributed by atoms with E-state index >= 15 is 0 Å². The zero-order chi connectivity index (χ0) is 11.7. The topological polar surface area (TPSA) is 49.4 Å². The number of benzene rings is 1. The predicted octanol–water partition coefficient (Wildman–Crippen LogP) is 1.17. The minimum absolute atomic E-state index is 0.0687. The smallest absolute Gasteiger partial charge is 0.254 e. The molecule has 1 atom stereocenters. The van der Waals surface area contributed by atoms with Crippen LogP contribution in [0.15, 0.2) is 24.3 Å². The van der Waals surface area contributed by atoms with Crippen LogP contribution in [0, 0.1) is 0 Å². The Hall–Kier alpha value is -1.84. The molecule has 0 bridgehead atoms. The largest absolute Gasteiger partial charge is 0.340 e. The molecule has 2 amide bonds. The summed E-state index contributed by atoms with van der Waals surface area (Å²) in [6, 6.07) is 6.70. The van der Waals surface area contributed by atoms with Crippen LogP contribution < -0.4 is 10.2 Å². The molecule has 0 radical (unpaired) electrons. The normalized spacial score (nSPS) is 20.1. The Bertz CT molecular complexity index is 442. The van der Waals surface area contributed by atoms with Crippen molar-refractivity contribution in [1.29, 1.82) is 0 Å². The first kappa shape index (κ1) is 10.7. The summed E-state index contributed by atoms with van der Waals surface area (Å²) in [5.74, 6) is -0.249. The first-order valence-electron chi connectivity index (χ1n) is 5.32. The molecule has 84 valence electrons. The zero-order valence-corrected chi connectivity index (χ0v) is 9.36. The van der Waals surface area contributed by atoms with Gasteiger partial charge in [0.05, 0.1) is 11.3 Å². The molecule has 4 heteroatoms. The summed E-state index contributed by atoms with van der Waals surface area (Å²) in [4.78, 5) is 25.4. The fourth-order valence-corrected chi connectivity index (χ4v) is 1.89. The van der Waals surface area contributed by atoms with E-state index in [-0.39, 0.29) is 11.8 Å². The van der Waals surface area contributed by atoms with Gasteiger partial charge < -0.3 is 10.2 Å². The quantitative estimate of drug-likeness (QED) is 0.769. The molecule has 1 aromatic rings. The first-order chi connectivity index (χ1) is 7.65. The Morgan fingerprint density at radius 3 is 2.69 bits per heavy atom. The van der Waals surface area contributed by atoms with Gasteiger partial charge in [-0.05, 0) is 18.6 Å². The van der Waals surface area contributed by atoms with E-state index in [1.807, 2.05) is 13.0 Å². The molecule has 1 N–H and O–H groups in total. The molecule has 1 aliphatic rings. The number of likely N-dealkylation sites (N-methyl/N-ethyl adjacent to an activating group) is 1. The summed E-state index contributed by atoms with van der Waals surface area (Å²) in [6.07, 6.45) is 0.600. The number of fused-ring (bicyclic) bond motifs is 1. The number of hydrogen-bond acceptors (Lipinski definition) is 2. The number of nitrogens with one attached hydrogen (secondary N) is 1. The van der Waals surface area contributed by atoms with E-state index in [4.69, 9.17) is 0 Å². The summed E-state index contributed by atoms with van der Waals surface area (Å²) in [5, 5.41) is 2.73. The van der Waals surface area contributed by atoms with Crippen molar-refractivity contribution >= 4 is 17.5 Å². The molecule has 0 spiro atoms. The zero-order valence-electron chi connectivity index (χ0n) is 9.36. The lowest BCUT2D eigenvalue weighted by Crippen LogP contribution is -2.43. The summed E-state index contributed by atoms with van der Waals surface area (Å²) in [7, 11) is 1.70. The van der Waals surface area contributed by atoms with Crippen LogP contribution in [0.1, 0.15) is 23.7 Å². The Morgan fingerprint density at radius 2 is 2.00 bits per heavy atom. The highest BCUT2D eigenvalue weighted by Gasteiger charge is 2.29. The lowest BCUT2D eigenvalue weighted by molar-refractivity contribution is -0.120. The van der Waals surface area contributed by atoms with Crippen molar-refractivity contribution in [2.45, 2.75) is 19.4 Å². The summed E-state index contributed by atoms with van der Waals surface area (Å²) >= 11 is 0. The van der Waals surface area contributed by atoms with Crippen LogP contribution in [0.25, 0.3) is 0 Å². The molecule has 0 fully saturated rings. The van der Waals surface area contributed by atoms with E-state index in [0.29, 0.717) is 17.7 Å². The van der Waals surface area contributed by atoms with Gasteiger partial charge in [-0.1, -0.05) is 19.1 Å². The predicted molar refractivity (Wildman–Crippen MR) is 61.4 cm³/mol. The number of carbonyl (C=O) groups excluding carboxylic acids is 2. The van der Waals surface area contributed by atoms with E-state index in [9.17, 15) is 9.59 Å². The maximum absolute atomic E-state index is 12.0. The highest BCUT2D eigenvalue weighted by Crippen LogP contribution is 2.23. The number of carbonyl (C=O) groups is 2. The highest BCUT2D eigenvalue weighted by atomic mass is 16.2. The molecule has 16 heavy (non-hydrogen) atoms. The minimum Gasteiger partial charge on any atom is -0.340 e. The van der Waals surface area contributed by atoms with Gasteiger partial charge in [-0.25, -0.2) is 0 Å². The fraction of sp³-hybridized carbons (Fsp3) is 0.333. The SMILES string of the molecule is CCC1NC(=O)c2ccccc2N(C)C1=O. The molecular formula is C12H14N2O2. The second kappa shape index (κ2) is 3.96. The van der Waals surface area contributed by atoms with Gasteiger partial charge in [0.1, 0.15) is 6.04 Å². The monoisotopic (exact) mass is 218 g/mol. The van der Waals surface area contributed by atoms with Crippen LogP contribution in [0.3, 0.4) is 0 Å². The maximum atomic E-state index is 12.0. The van der Waals surface area contributed by atoms with Crippen molar-refractivity contribution in [1.82, 2.24) is 5.32 Å². The van der Waals surface area contributed by atoms with Crippen LogP contribution in [0.4, 0.5) is 5.69 Å². The van der Waals surface area contributed by atoms with Crippen molar-refractivity contribution in [2.24, 2.45) is 0 Å². The van der Waals surface area contributed by atoms with Crippen molar-refractivity contribution < 1.29 is 9.59 Å². The number of rotatable bonds is 1. The van der Waals surface area contributed by atoms with Gasteiger partial charge in [-0.3, -0.25) is 9.59 Å². The van der Waals surface area contributed by atoms with E-state index in [1.54, 1.807) is 30.1 Å². The van der Waals surface area contributed by atoms with Gasteiger partial charge in [0, 0.05) is 7.05 Å². The standard InChI is InChI=1S/C12H14N2O2/c1-3-9-12(16)14(2)10-7-5-4-6-8(10)11(15)13-9/h4-7,9H,3H2,1-2H3,(H,13,15). The Kier molecular flexibility index (Phi) is 2.64. The molecule has 0 aromatic heterocycles. The molecule has 0 saturated heterocycles. The number of hydrogen-bond donors (Lipinski definition) is 1. The molecule has 0 saturated carbocycles. The van der Waals surface area contributed by atoms with E-state index in [2.05, 4.69) is 5.32 Å². The van der Waals surface area contributed by atoms with Gasteiger partial charge in [0.15, 0.2) is 0 Å². The average molecular weight is 218 g/mol. The molecule has 0 aliphatic carbocycles. The van der Waals surface area contributed by atoms with Crippen LogP contribution in [-0.4, -0.2) is 24.9 Å². The number of nitrogens with zero attached hydrogens (tertiary/aromatic N) is 1. The average Bonchev–Trinajstić information content (AvgIpc) is 2.41. The maximum Gasteiger partial charge on any atom is 0.254 e. The molecule has 4 nitrogen and oxygen atoms in total. The molecule has 1 unspecified atom stereocenters. The van der Waals surface area contributed by atoms with Gasteiger partial charge in [-0.15, -0.1) is 0 Å². The van der Waals surface area contributed by atoms with E-state index in [0.717, 1.165) is 0 Å². The Morgan fingerprint density at radius 1 is 1.31 bits per heavy atom. The Balaban J connectivity index is 2.51. The number of amides is 2. The van der Waals surface area contributed by atoms with Crippen LogP contribution in [-0.2, 0) is 4.79 Å². The van der Waals surface area contributed by atoms with Crippen LogP contribution >= 0.6 is 0 Å². The van der Waals surface area contributed by atoms with E-state index < -0.39 is 6.04 Å². The van der Waals surface area contributed by atoms with Gasteiger partial charge in [0.2, 0.25) is 5.91 Å². The van der Waals surface area contributed by atoms with Crippen molar-refractivity contribution in [3.63, 3.8) is 0 Å².